The van der Waals surface area contributed by atoms with E-state index in [4.69, 9.17) is 0 Å². The second-order valence-corrected chi connectivity index (χ2v) is 6.77. The van der Waals surface area contributed by atoms with Gasteiger partial charge in [0.25, 0.3) is 0 Å². The van der Waals surface area contributed by atoms with E-state index in [1.54, 1.807) is 0 Å². The van der Waals surface area contributed by atoms with Crippen LogP contribution in [-0.4, -0.2) is 20.4 Å². The molecule has 0 saturated heterocycles. The second kappa shape index (κ2) is 7.09. The lowest BCUT2D eigenvalue weighted by Gasteiger charge is -2.31. The van der Waals surface area contributed by atoms with Gasteiger partial charge in [0.05, 0.1) is 5.69 Å². The van der Waals surface area contributed by atoms with Gasteiger partial charge in [0.2, 0.25) is 0 Å². The van der Waals surface area contributed by atoms with Crippen LogP contribution in [0.2, 0.25) is 0 Å². The van der Waals surface area contributed by atoms with Crippen LogP contribution < -0.4 is 0 Å². The monoisotopic (exact) mass is 378 g/mol. The molecule has 2 nitrogen and oxygen atoms in total. The molecule has 0 aliphatic rings. The molecule has 4 heteroatoms. The van der Waals surface area contributed by atoms with Crippen molar-refractivity contribution in [2.75, 3.05) is 10.7 Å². The molecule has 1 aromatic heterocycles. The standard InChI is InChI=1S/C14H24Br2N2/c1-5-12-6-13(18(4)17-12)8-14(9-15,10-16)7-11(2)3/h6,11H,5,7-10H2,1-4H3. The Labute approximate surface area is 128 Å². The Balaban J connectivity index is 2.91. The molecule has 1 aromatic rings. The summed E-state index contributed by atoms with van der Waals surface area (Å²) < 4.78 is 2.04. The van der Waals surface area contributed by atoms with Crippen LogP contribution >= 0.6 is 31.9 Å². The zero-order valence-corrected chi connectivity index (χ0v) is 15.0. The molecular weight excluding hydrogens is 356 g/mol. The van der Waals surface area contributed by atoms with E-state index < -0.39 is 0 Å². The molecule has 0 atom stereocenters. The highest BCUT2D eigenvalue weighted by molar-refractivity contribution is 9.09. The van der Waals surface area contributed by atoms with Crippen LogP contribution in [0.1, 0.15) is 38.6 Å². The zero-order valence-electron chi connectivity index (χ0n) is 11.8. The summed E-state index contributed by atoms with van der Waals surface area (Å²) in [6, 6.07) is 2.25. The molecule has 1 rings (SSSR count). The van der Waals surface area contributed by atoms with Gasteiger partial charge in [0.15, 0.2) is 0 Å². The minimum Gasteiger partial charge on any atom is -0.272 e. The van der Waals surface area contributed by atoms with E-state index in [1.165, 1.54) is 17.8 Å². The first-order valence-electron chi connectivity index (χ1n) is 6.60. The topological polar surface area (TPSA) is 17.8 Å². The maximum atomic E-state index is 4.55. The largest absolute Gasteiger partial charge is 0.272 e. The van der Waals surface area contributed by atoms with Gasteiger partial charge in [-0.25, -0.2) is 0 Å². The maximum absolute atomic E-state index is 4.55. The Morgan fingerprint density at radius 3 is 2.33 bits per heavy atom. The van der Waals surface area contributed by atoms with Gasteiger partial charge in [0, 0.05) is 23.4 Å². The van der Waals surface area contributed by atoms with Crippen LogP contribution in [0.3, 0.4) is 0 Å². The molecule has 0 unspecified atom stereocenters. The maximum Gasteiger partial charge on any atom is 0.0624 e. The molecule has 0 aliphatic carbocycles. The Hall–Kier alpha value is 0.170. The van der Waals surface area contributed by atoms with Gasteiger partial charge >= 0.3 is 0 Å². The molecule has 18 heavy (non-hydrogen) atoms. The zero-order chi connectivity index (χ0) is 13.8. The average molecular weight is 380 g/mol. The molecule has 0 bridgehead atoms. The quantitative estimate of drug-likeness (QED) is 0.644. The third kappa shape index (κ3) is 4.09. The van der Waals surface area contributed by atoms with Crippen molar-refractivity contribution >= 4 is 31.9 Å². The number of nitrogens with zero attached hydrogens (tertiary/aromatic N) is 2. The number of rotatable bonds is 7. The molecule has 0 amide bonds. The Kier molecular flexibility index (Phi) is 6.39. The summed E-state index contributed by atoms with van der Waals surface area (Å²) in [6.07, 6.45) is 3.30. The average Bonchev–Trinajstić information content (AvgIpc) is 2.68. The van der Waals surface area contributed by atoms with E-state index in [-0.39, 0.29) is 5.41 Å². The van der Waals surface area contributed by atoms with Crippen LogP contribution in [0, 0.1) is 11.3 Å². The smallest absolute Gasteiger partial charge is 0.0624 e. The summed E-state index contributed by atoms with van der Waals surface area (Å²) in [5.41, 5.74) is 2.81. The molecule has 0 radical (unpaired) electrons. The van der Waals surface area contributed by atoms with Crippen molar-refractivity contribution in [2.24, 2.45) is 18.4 Å². The van der Waals surface area contributed by atoms with Gasteiger partial charge < -0.3 is 0 Å². The highest BCUT2D eigenvalue weighted by Crippen LogP contribution is 2.35. The van der Waals surface area contributed by atoms with Crippen LogP contribution in [-0.2, 0) is 19.9 Å². The molecule has 1 heterocycles. The molecule has 0 N–H and O–H groups in total. The number of hydrogen-bond acceptors (Lipinski definition) is 1. The molecular formula is C14H24Br2N2. The number of hydrogen-bond donors (Lipinski definition) is 0. The van der Waals surface area contributed by atoms with Crippen molar-refractivity contribution < 1.29 is 0 Å². The normalized spacial score (nSPS) is 12.4. The first kappa shape index (κ1) is 16.2. The van der Waals surface area contributed by atoms with Crippen molar-refractivity contribution in [1.82, 2.24) is 9.78 Å². The third-order valence-electron chi connectivity index (χ3n) is 3.35. The molecule has 0 saturated carbocycles. The van der Waals surface area contributed by atoms with Gasteiger partial charge in [-0.1, -0.05) is 52.6 Å². The fraction of sp³-hybridized carbons (Fsp3) is 0.786. The SMILES string of the molecule is CCc1cc(CC(CBr)(CBr)CC(C)C)n(C)n1. The number of halogens is 2. The molecule has 0 fully saturated rings. The number of alkyl halides is 2. The highest BCUT2D eigenvalue weighted by atomic mass is 79.9. The van der Waals surface area contributed by atoms with Crippen LogP contribution in [0.25, 0.3) is 0 Å². The van der Waals surface area contributed by atoms with Crippen molar-refractivity contribution in [1.29, 1.82) is 0 Å². The molecule has 0 aliphatic heterocycles. The van der Waals surface area contributed by atoms with Crippen LogP contribution in [0.15, 0.2) is 6.07 Å². The van der Waals surface area contributed by atoms with E-state index >= 15 is 0 Å². The van der Waals surface area contributed by atoms with Gasteiger partial charge in [0.1, 0.15) is 0 Å². The Bertz CT molecular complexity index is 368. The lowest BCUT2D eigenvalue weighted by Crippen LogP contribution is -2.30. The van der Waals surface area contributed by atoms with Crippen molar-refractivity contribution in [2.45, 2.75) is 40.0 Å². The molecule has 104 valence electrons. The predicted molar refractivity (Wildman–Crippen MR) is 85.8 cm³/mol. The van der Waals surface area contributed by atoms with E-state index in [2.05, 4.69) is 70.8 Å². The lowest BCUT2D eigenvalue weighted by molar-refractivity contribution is 0.298. The Morgan fingerprint density at radius 1 is 1.33 bits per heavy atom. The third-order valence-corrected chi connectivity index (χ3v) is 5.73. The summed E-state index contributed by atoms with van der Waals surface area (Å²) in [5, 5.41) is 6.59. The summed E-state index contributed by atoms with van der Waals surface area (Å²) in [7, 11) is 2.05. The summed E-state index contributed by atoms with van der Waals surface area (Å²) in [4.78, 5) is 0. The van der Waals surface area contributed by atoms with Crippen LogP contribution in [0.4, 0.5) is 0 Å². The number of aromatic nitrogens is 2. The van der Waals surface area contributed by atoms with E-state index in [1.807, 2.05) is 4.68 Å². The minimum absolute atomic E-state index is 0.285. The molecule has 0 spiro atoms. The first-order chi connectivity index (χ1) is 8.46. The lowest BCUT2D eigenvalue weighted by atomic mass is 9.80. The van der Waals surface area contributed by atoms with Crippen molar-refractivity contribution in [3.8, 4) is 0 Å². The summed E-state index contributed by atoms with van der Waals surface area (Å²) in [6.45, 7) is 6.74. The highest BCUT2D eigenvalue weighted by Gasteiger charge is 2.30. The van der Waals surface area contributed by atoms with E-state index in [9.17, 15) is 0 Å². The second-order valence-electron chi connectivity index (χ2n) is 5.65. The fourth-order valence-corrected chi connectivity index (χ4v) is 4.25. The van der Waals surface area contributed by atoms with Gasteiger partial charge in [-0.05, 0) is 36.7 Å². The van der Waals surface area contributed by atoms with Crippen molar-refractivity contribution in [3.63, 3.8) is 0 Å². The number of aryl methyl sites for hydroxylation is 2. The van der Waals surface area contributed by atoms with E-state index in [0.29, 0.717) is 5.92 Å². The van der Waals surface area contributed by atoms with E-state index in [0.717, 1.165) is 23.5 Å². The first-order valence-corrected chi connectivity index (χ1v) is 8.84. The summed E-state index contributed by atoms with van der Waals surface area (Å²) in [5.74, 6) is 0.707. The predicted octanol–water partition coefficient (Wildman–Crippen LogP) is 4.35. The minimum atomic E-state index is 0.285. The van der Waals surface area contributed by atoms with Crippen molar-refractivity contribution in [3.05, 3.63) is 17.5 Å². The summed E-state index contributed by atoms with van der Waals surface area (Å²) >= 11 is 7.42. The van der Waals surface area contributed by atoms with Crippen LogP contribution in [0.5, 0.6) is 0 Å². The Morgan fingerprint density at radius 2 is 1.94 bits per heavy atom. The fourth-order valence-electron chi connectivity index (χ4n) is 2.47. The van der Waals surface area contributed by atoms with Gasteiger partial charge in [-0.3, -0.25) is 4.68 Å². The molecule has 0 aromatic carbocycles. The van der Waals surface area contributed by atoms with Gasteiger partial charge in [-0.15, -0.1) is 0 Å². The van der Waals surface area contributed by atoms with Gasteiger partial charge in [-0.2, -0.15) is 5.10 Å².